The normalized spacial score (nSPS) is 22.1. The molecule has 0 bridgehead atoms. The average molecular weight is 383 g/mol. The summed E-state index contributed by atoms with van der Waals surface area (Å²) in [6.07, 6.45) is 2.48. The topological polar surface area (TPSA) is 99.6 Å². The Balaban J connectivity index is 1.68. The molecule has 25 heavy (non-hydrogen) atoms. The molecule has 0 radical (unpaired) electrons. The van der Waals surface area contributed by atoms with Crippen LogP contribution in [0.3, 0.4) is 0 Å². The lowest BCUT2D eigenvalue weighted by molar-refractivity contribution is 0.0305. The highest BCUT2D eigenvalue weighted by Crippen LogP contribution is 2.24. The highest BCUT2D eigenvalue weighted by molar-refractivity contribution is 7.88. The fourth-order valence-corrected chi connectivity index (χ4v) is 4.24. The molecular weight excluding hydrogens is 362 g/mol. The van der Waals surface area contributed by atoms with E-state index in [0.717, 1.165) is 16.5 Å². The molecule has 1 amide bonds. The summed E-state index contributed by atoms with van der Waals surface area (Å²) >= 11 is 1.49. The second-order valence-electron chi connectivity index (χ2n) is 6.50. The Labute approximate surface area is 150 Å². The minimum Gasteiger partial charge on any atom is -0.388 e. The summed E-state index contributed by atoms with van der Waals surface area (Å²) in [6, 6.07) is 5.45. The number of nitrogens with zero attached hydrogens (tertiary/aromatic N) is 2. The Kier molecular flexibility index (Phi) is 5.10. The molecule has 1 aromatic heterocycles. The van der Waals surface area contributed by atoms with Gasteiger partial charge in [0.25, 0.3) is 5.91 Å². The van der Waals surface area contributed by atoms with E-state index in [4.69, 9.17) is 0 Å². The Morgan fingerprint density at radius 1 is 1.40 bits per heavy atom. The minimum absolute atomic E-state index is 0.0271. The number of aromatic nitrogens is 1. The van der Waals surface area contributed by atoms with Crippen LogP contribution in [0.25, 0.3) is 10.2 Å². The Morgan fingerprint density at radius 3 is 2.96 bits per heavy atom. The standard InChI is InChI=1S/C16H21N3O4S2/c1-25(22,23)18-10-16(21)5-2-7-19(8-6-16)15(20)12-3-4-13-14(9-12)24-11-17-13/h3-4,9,11,18,21H,2,5-8,10H2,1H3/t16-/m0/s1. The maximum atomic E-state index is 12.8. The van der Waals surface area contributed by atoms with Crippen molar-refractivity contribution >= 4 is 37.5 Å². The van der Waals surface area contributed by atoms with E-state index in [9.17, 15) is 18.3 Å². The number of carbonyl (C=O) groups excluding carboxylic acids is 1. The van der Waals surface area contributed by atoms with Gasteiger partial charge in [-0.25, -0.2) is 18.1 Å². The highest BCUT2D eigenvalue weighted by Gasteiger charge is 2.32. The van der Waals surface area contributed by atoms with Crippen molar-refractivity contribution < 1.29 is 18.3 Å². The largest absolute Gasteiger partial charge is 0.388 e. The van der Waals surface area contributed by atoms with E-state index in [0.29, 0.717) is 37.9 Å². The van der Waals surface area contributed by atoms with Crippen LogP contribution in [-0.2, 0) is 10.0 Å². The third-order valence-corrected chi connectivity index (χ3v) is 5.91. The van der Waals surface area contributed by atoms with Gasteiger partial charge in [0, 0.05) is 25.2 Å². The number of nitrogens with one attached hydrogen (secondary N) is 1. The number of hydrogen-bond acceptors (Lipinski definition) is 6. The van der Waals surface area contributed by atoms with Gasteiger partial charge < -0.3 is 10.0 Å². The summed E-state index contributed by atoms with van der Waals surface area (Å²) < 4.78 is 25.8. The molecule has 1 aliphatic heterocycles. The molecule has 2 aromatic rings. The quantitative estimate of drug-likeness (QED) is 0.826. The Bertz CT molecular complexity index is 880. The Morgan fingerprint density at radius 2 is 2.20 bits per heavy atom. The predicted octanol–water partition coefficient (Wildman–Crippen LogP) is 1.20. The predicted molar refractivity (Wildman–Crippen MR) is 97.2 cm³/mol. The average Bonchev–Trinajstić information content (AvgIpc) is 2.94. The lowest BCUT2D eigenvalue weighted by atomic mass is 9.95. The fraction of sp³-hybridized carbons (Fsp3) is 0.500. The number of carbonyl (C=O) groups is 1. The lowest BCUT2D eigenvalue weighted by Crippen LogP contribution is -2.43. The van der Waals surface area contributed by atoms with Crippen LogP contribution in [0.2, 0.25) is 0 Å². The van der Waals surface area contributed by atoms with Crippen LogP contribution in [0, 0.1) is 0 Å². The summed E-state index contributed by atoms with van der Waals surface area (Å²) in [7, 11) is -3.36. The molecule has 9 heteroatoms. The fourth-order valence-electron chi connectivity index (χ4n) is 2.99. The molecule has 1 saturated heterocycles. The zero-order valence-electron chi connectivity index (χ0n) is 13.9. The van der Waals surface area contributed by atoms with Crippen molar-refractivity contribution in [2.45, 2.75) is 24.9 Å². The summed E-state index contributed by atoms with van der Waals surface area (Å²) in [6.45, 7) is 0.906. The van der Waals surface area contributed by atoms with Crippen LogP contribution in [0.15, 0.2) is 23.7 Å². The first-order valence-corrected chi connectivity index (χ1v) is 10.8. The van der Waals surface area contributed by atoms with Gasteiger partial charge >= 0.3 is 0 Å². The van der Waals surface area contributed by atoms with Crippen molar-refractivity contribution in [2.75, 3.05) is 25.9 Å². The van der Waals surface area contributed by atoms with Gasteiger partial charge in [-0.2, -0.15) is 0 Å². The molecular formula is C16H21N3O4S2. The molecule has 1 fully saturated rings. The molecule has 1 aromatic carbocycles. The maximum absolute atomic E-state index is 12.8. The van der Waals surface area contributed by atoms with Crippen LogP contribution < -0.4 is 4.72 Å². The van der Waals surface area contributed by atoms with Crippen LogP contribution in [-0.4, -0.2) is 60.8 Å². The van der Waals surface area contributed by atoms with Crippen LogP contribution in [0.1, 0.15) is 29.6 Å². The summed E-state index contributed by atoms with van der Waals surface area (Å²) in [4.78, 5) is 18.7. The summed E-state index contributed by atoms with van der Waals surface area (Å²) in [5.74, 6) is -0.0735. The van der Waals surface area contributed by atoms with Crippen molar-refractivity contribution in [1.29, 1.82) is 0 Å². The molecule has 3 rings (SSSR count). The van der Waals surface area contributed by atoms with Gasteiger partial charge in [-0.15, -0.1) is 11.3 Å². The molecule has 1 aliphatic rings. The number of amides is 1. The van der Waals surface area contributed by atoms with Crippen LogP contribution in [0.5, 0.6) is 0 Å². The third kappa shape index (κ3) is 4.55. The zero-order chi connectivity index (χ0) is 18.1. The van der Waals surface area contributed by atoms with E-state index < -0.39 is 15.6 Å². The first-order chi connectivity index (χ1) is 11.8. The number of likely N-dealkylation sites (tertiary alicyclic amines) is 1. The number of fused-ring (bicyclic) bond motifs is 1. The van der Waals surface area contributed by atoms with E-state index in [1.807, 2.05) is 12.1 Å². The van der Waals surface area contributed by atoms with Crippen molar-refractivity contribution in [2.24, 2.45) is 0 Å². The second-order valence-corrected chi connectivity index (χ2v) is 9.22. The van der Waals surface area contributed by atoms with Gasteiger partial charge in [-0.1, -0.05) is 0 Å². The highest BCUT2D eigenvalue weighted by atomic mass is 32.2. The van der Waals surface area contributed by atoms with Crippen molar-refractivity contribution in [1.82, 2.24) is 14.6 Å². The summed E-state index contributed by atoms with van der Waals surface area (Å²) in [5, 5.41) is 10.6. The summed E-state index contributed by atoms with van der Waals surface area (Å²) in [5.41, 5.74) is 2.11. The number of rotatable bonds is 4. The first kappa shape index (κ1) is 18.2. The lowest BCUT2D eigenvalue weighted by Gasteiger charge is -2.26. The van der Waals surface area contributed by atoms with Gasteiger partial charge in [0.1, 0.15) is 0 Å². The number of sulfonamides is 1. The zero-order valence-corrected chi connectivity index (χ0v) is 15.6. The monoisotopic (exact) mass is 383 g/mol. The molecule has 7 nitrogen and oxygen atoms in total. The number of benzene rings is 1. The van der Waals surface area contributed by atoms with E-state index >= 15 is 0 Å². The molecule has 0 unspecified atom stereocenters. The van der Waals surface area contributed by atoms with Gasteiger partial charge in [0.15, 0.2) is 0 Å². The SMILES string of the molecule is CS(=O)(=O)NC[C@]1(O)CCCN(C(=O)c2ccc3ncsc3c2)CC1. The van der Waals surface area contributed by atoms with Crippen molar-refractivity contribution in [3.05, 3.63) is 29.3 Å². The van der Waals surface area contributed by atoms with Crippen molar-refractivity contribution in [3.63, 3.8) is 0 Å². The Hall–Kier alpha value is -1.55. The van der Waals surface area contributed by atoms with E-state index in [1.54, 1.807) is 16.5 Å². The van der Waals surface area contributed by atoms with Gasteiger partial charge in [0.05, 0.1) is 27.6 Å². The van der Waals surface area contributed by atoms with Crippen LogP contribution in [0.4, 0.5) is 0 Å². The second kappa shape index (κ2) is 6.99. The number of aliphatic hydroxyl groups is 1. The minimum atomic E-state index is -3.36. The van der Waals surface area contributed by atoms with Crippen LogP contribution >= 0.6 is 11.3 Å². The molecule has 0 aliphatic carbocycles. The maximum Gasteiger partial charge on any atom is 0.253 e. The van der Waals surface area contributed by atoms with E-state index in [2.05, 4.69) is 9.71 Å². The van der Waals surface area contributed by atoms with Gasteiger partial charge in [0.2, 0.25) is 10.0 Å². The van der Waals surface area contributed by atoms with E-state index in [-0.39, 0.29) is 12.5 Å². The number of hydrogen-bond donors (Lipinski definition) is 2. The molecule has 2 N–H and O–H groups in total. The molecule has 136 valence electrons. The van der Waals surface area contributed by atoms with Gasteiger partial charge in [-0.05, 0) is 37.5 Å². The van der Waals surface area contributed by atoms with E-state index in [1.165, 1.54) is 11.3 Å². The third-order valence-electron chi connectivity index (χ3n) is 4.45. The first-order valence-electron chi connectivity index (χ1n) is 8.05. The molecule has 2 heterocycles. The van der Waals surface area contributed by atoms with Crippen molar-refractivity contribution in [3.8, 4) is 0 Å². The van der Waals surface area contributed by atoms with Gasteiger partial charge in [-0.3, -0.25) is 4.79 Å². The molecule has 1 atom stereocenters. The molecule has 0 saturated carbocycles. The smallest absolute Gasteiger partial charge is 0.253 e. The molecule has 0 spiro atoms. The number of thiazole rings is 1.